The summed E-state index contributed by atoms with van der Waals surface area (Å²) < 4.78 is 5.77. The van der Waals surface area contributed by atoms with Gasteiger partial charge in [-0.15, -0.1) is 11.3 Å². The average Bonchev–Trinajstić information content (AvgIpc) is 3.22. The second kappa shape index (κ2) is 6.19. The van der Waals surface area contributed by atoms with Crippen LogP contribution in [0.2, 0.25) is 0 Å². The molecule has 1 aromatic carbocycles. The lowest BCUT2D eigenvalue weighted by Gasteiger charge is -2.04. The lowest BCUT2D eigenvalue weighted by atomic mass is 10.2. The summed E-state index contributed by atoms with van der Waals surface area (Å²) in [5.74, 6) is 2.45. The van der Waals surface area contributed by atoms with Gasteiger partial charge in [-0.3, -0.25) is 0 Å². The standard InChI is InChI=1S/C16H19NOS2/c1-11-2-6-13(7-3-11)18-9-8-15-17-16(12-4-5-12)14(10-19)20-15/h2-3,6-7,12,19H,4-5,8-10H2,1H3. The van der Waals surface area contributed by atoms with E-state index in [0.717, 1.165) is 17.9 Å². The third-order valence-electron chi connectivity index (χ3n) is 3.49. The highest BCUT2D eigenvalue weighted by Crippen LogP contribution is 2.43. The monoisotopic (exact) mass is 305 g/mol. The smallest absolute Gasteiger partial charge is 0.119 e. The summed E-state index contributed by atoms with van der Waals surface area (Å²) in [6, 6.07) is 8.18. The molecule has 1 aliphatic carbocycles. The van der Waals surface area contributed by atoms with E-state index in [1.54, 1.807) is 11.3 Å². The Bertz CT molecular complexity index is 573. The number of ether oxygens (including phenoxy) is 1. The van der Waals surface area contributed by atoms with Gasteiger partial charge in [0.25, 0.3) is 0 Å². The summed E-state index contributed by atoms with van der Waals surface area (Å²) in [6.07, 6.45) is 3.47. The van der Waals surface area contributed by atoms with E-state index in [4.69, 9.17) is 9.72 Å². The van der Waals surface area contributed by atoms with Crippen molar-refractivity contribution in [2.45, 2.75) is 37.9 Å². The van der Waals surface area contributed by atoms with E-state index in [2.05, 4.69) is 31.7 Å². The molecule has 1 heterocycles. The van der Waals surface area contributed by atoms with E-state index in [9.17, 15) is 0 Å². The van der Waals surface area contributed by atoms with E-state index in [1.807, 2.05) is 12.1 Å². The molecule has 0 bridgehead atoms. The Morgan fingerprint density at radius 1 is 1.30 bits per heavy atom. The highest BCUT2D eigenvalue weighted by atomic mass is 32.1. The fourth-order valence-electron chi connectivity index (χ4n) is 2.20. The molecule has 0 N–H and O–H groups in total. The van der Waals surface area contributed by atoms with Gasteiger partial charge in [0.1, 0.15) is 5.75 Å². The molecule has 1 aromatic heterocycles. The maximum atomic E-state index is 5.77. The second-order valence-electron chi connectivity index (χ2n) is 5.26. The van der Waals surface area contributed by atoms with E-state index in [-0.39, 0.29) is 0 Å². The Balaban J connectivity index is 1.56. The Labute approximate surface area is 129 Å². The first kappa shape index (κ1) is 14.0. The van der Waals surface area contributed by atoms with Gasteiger partial charge < -0.3 is 4.74 Å². The lowest BCUT2D eigenvalue weighted by Crippen LogP contribution is -2.01. The van der Waals surface area contributed by atoms with Crippen molar-refractivity contribution < 1.29 is 4.74 Å². The Morgan fingerprint density at radius 3 is 2.70 bits per heavy atom. The van der Waals surface area contributed by atoms with Crippen molar-refractivity contribution in [3.8, 4) is 5.75 Å². The number of rotatable bonds is 6. The molecular formula is C16H19NOS2. The molecular weight excluding hydrogens is 286 g/mol. The molecule has 0 amide bonds. The summed E-state index contributed by atoms with van der Waals surface area (Å²) in [5.41, 5.74) is 2.56. The predicted octanol–water partition coefficient (Wildman–Crippen LogP) is 4.38. The summed E-state index contributed by atoms with van der Waals surface area (Å²) >= 11 is 6.21. The molecule has 0 unspecified atom stereocenters. The van der Waals surface area contributed by atoms with Gasteiger partial charge in [-0.2, -0.15) is 12.6 Å². The van der Waals surface area contributed by atoms with Crippen LogP contribution in [0.5, 0.6) is 5.75 Å². The molecule has 4 heteroatoms. The molecule has 0 saturated heterocycles. The van der Waals surface area contributed by atoms with Crippen LogP contribution in [0, 0.1) is 6.92 Å². The van der Waals surface area contributed by atoms with Crippen molar-refractivity contribution >= 4 is 24.0 Å². The van der Waals surface area contributed by atoms with E-state index >= 15 is 0 Å². The zero-order valence-electron chi connectivity index (χ0n) is 11.6. The molecule has 20 heavy (non-hydrogen) atoms. The zero-order valence-corrected chi connectivity index (χ0v) is 13.3. The highest BCUT2D eigenvalue weighted by molar-refractivity contribution is 7.79. The molecule has 1 aliphatic rings. The van der Waals surface area contributed by atoms with Crippen molar-refractivity contribution in [3.05, 3.63) is 45.4 Å². The minimum Gasteiger partial charge on any atom is -0.493 e. The first-order valence-corrected chi connectivity index (χ1v) is 8.50. The van der Waals surface area contributed by atoms with Gasteiger partial charge in [-0.05, 0) is 31.9 Å². The van der Waals surface area contributed by atoms with Crippen LogP contribution < -0.4 is 4.74 Å². The van der Waals surface area contributed by atoms with Crippen LogP contribution >= 0.6 is 24.0 Å². The van der Waals surface area contributed by atoms with Crippen molar-refractivity contribution in [1.29, 1.82) is 0 Å². The number of hydrogen-bond donors (Lipinski definition) is 1. The van der Waals surface area contributed by atoms with Gasteiger partial charge in [-0.25, -0.2) is 4.98 Å². The molecule has 106 valence electrons. The molecule has 1 fully saturated rings. The number of aryl methyl sites for hydroxylation is 1. The maximum Gasteiger partial charge on any atom is 0.119 e. The molecule has 0 aliphatic heterocycles. The lowest BCUT2D eigenvalue weighted by molar-refractivity contribution is 0.321. The minimum absolute atomic E-state index is 0.687. The van der Waals surface area contributed by atoms with Crippen LogP contribution in [0.15, 0.2) is 24.3 Å². The normalized spacial score (nSPS) is 14.5. The quantitative estimate of drug-likeness (QED) is 0.800. The third-order valence-corrected chi connectivity index (χ3v) is 5.15. The van der Waals surface area contributed by atoms with Crippen molar-refractivity contribution in [3.63, 3.8) is 0 Å². The summed E-state index contributed by atoms with van der Waals surface area (Å²) in [6.45, 7) is 2.77. The van der Waals surface area contributed by atoms with Gasteiger partial charge in [0.2, 0.25) is 0 Å². The van der Waals surface area contributed by atoms with E-state index in [0.29, 0.717) is 12.5 Å². The third kappa shape index (κ3) is 3.36. The molecule has 2 nitrogen and oxygen atoms in total. The van der Waals surface area contributed by atoms with Gasteiger partial charge in [0.15, 0.2) is 0 Å². The first-order chi connectivity index (χ1) is 9.76. The van der Waals surface area contributed by atoms with E-state index < -0.39 is 0 Å². The van der Waals surface area contributed by atoms with Gasteiger partial charge in [0.05, 0.1) is 17.3 Å². The number of nitrogens with zero attached hydrogens (tertiary/aromatic N) is 1. The first-order valence-electron chi connectivity index (χ1n) is 7.05. The molecule has 0 spiro atoms. The largest absolute Gasteiger partial charge is 0.493 e. The Morgan fingerprint density at radius 2 is 2.05 bits per heavy atom. The summed E-state index contributed by atoms with van der Waals surface area (Å²) in [5, 5.41) is 1.18. The fourth-order valence-corrected chi connectivity index (χ4v) is 3.55. The summed E-state index contributed by atoms with van der Waals surface area (Å²) in [7, 11) is 0. The van der Waals surface area contributed by atoms with Crippen LogP contribution in [0.1, 0.15) is 39.9 Å². The predicted molar refractivity (Wildman–Crippen MR) is 87.2 cm³/mol. The van der Waals surface area contributed by atoms with Crippen LogP contribution in [0.4, 0.5) is 0 Å². The number of benzene rings is 1. The molecule has 0 atom stereocenters. The second-order valence-corrected chi connectivity index (χ2v) is 6.74. The number of thiol groups is 1. The minimum atomic E-state index is 0.687. The topological polar surface area (TPSA) is 22.1 Å². The Kier molecular flexibility index (Phi) is 4.32. The van der Waals surface area contributed by atoms with Crippen molar-refractivity contribution in [2.75, 3.05) is 6.61 Å². The molecule has 0 radical (unpaired) electrons. The van der Waals surface area contributed by atoms with Crippen molar-refractivity contribution in [2.24, 2.45) is 0 Å². The van der Waals surface area contributed by atoms with Gasteiger partial charge in [-0.1, -0.05) is 17.7 Å². The number of aromatic nitrogens is 1. The Hall–Kier alpha value is -1.00. The summed E-state index contributed by atoms with van der Waals surface area (Å²) in [4.78, 5) is 6.13. The van der Waals surface area contributed by atoms with Gasteiger partial charge >= 0.3 is 0 Å². The highest BCUT2D eigenvalue weighted by Gasteiger charge is 2.29. The average molecular weight is 305 g/mol. The van der Waals surface area contributed by atoms with Crippen molar-refractivity contribution in [1.82, 2.24) is 4.98 Å². The molecule has 3 rings (SSSR count). The fraction of sp³-hybridized carbons (Fsp3) is 0.438. The van der Waals surface area contributed by atoms with Crippen LogP contribution in [-0.2, 0) is 12.2 Å². The molecule has 2 aromatic rings. The molecule has 1 saturated carbocycles. The number of hydrogen-bond acceptors (Lipinski definition) is 4. The van der Waals surface area contributed by atoms with Crippen LogP contribution in [-0.4, -0.2) is 11.6 Å². The zero-order chi connectivity index (χ0) is 13.9. The van der Waals surface area contributed by atoms with Crippen LogP contribution in [0.3, 0.4) is 0 Å². The van der Waals surface area contributed by atoms with Crippen LogP contribution in [0.25, 0.3) is 0 Å². The van der Waals surface area contributed by atoms with Gasteiger partial charge in [0, 0.05) is 23.0 Å². The maximum absolute atomic E-state index is 5.77. The van der Waals surface area contributed by atoms with E-state index in [1.165, 1.54) is 34.0 Å². The SMILES string of the molecule is Cc1ccc(OCCc2nc(C3CC3)c(CS)s2)cc1. The number of thiazole rings is 1.